The number of benzene rings is 1. The SMILES string of the molecule is CCC(C)(C)C(N)c1ccc(C)c(Cl)c1. The van der Waals surface area contributed by atoms with E-state index in [2.05, 4.69) is 26.8 Å². The van der Waals surface area contributed by atoms with Crippen LogP contribution in [0.15, 0.2) is 18.2 Å². The normalized spacial score (nSPS) is 14.0. The minimum Gasteiger partial charge on any atom is -0.324 e. The molecule has 0 amide bonds. The molecule has 2 N–H and O–H groups in total. The summed E-state index contributed by atoms with van der Waals surface area (Å²) in [5, 5.41) is 0.801. The van der Waals surface area contributed by atoms with Crippen molar-refractivity contribution in [2.75, 3.05) is 0 Å². The fourth-order valence-electron chi connectivity index (χ4n) is 1.47. The van der Waals surface area contributed by atoms with E-state index in [1.54, 1.807) is 0 Å². The lowest BCUT2D eigenvalue weighted by atomic mass is 9.79. The van der Waals surface area contributed by atoms with E-state index in [4.69, 9.17) is 17.3 Å². The Morgan fingerprint density at radius 2 is 2.00 bits per heavy atom. The van der Waals surface area contributed by atoms with Gasteiger partial charge in [-0.3, -0.25) is 0 Å². The number of rotatable bonds is 3. The molecule has 0 bridgehead atoms. The van der Waals surface area contributed by atoms with E-state index in [1.165, 1.54) is 0 Å². The molecule has 0 aliphatic rings. The molecule has 0 heterocycles. The summed E-state index contributed by atoms with van der Waals surface area (Å²) in [4.78, 5) is 0. The molecule has 0 saturated carbocycles. The molecular weight excluding hydrogens is 206 g/mol. The van der Waals surface area contributed by atoms with Gasteiger partial charge in [-0.05, 0) is 36.0 Å². The topological polar surface area (TPSA) is 26.0 Å². The summed E-state index contributed by atoms with van der Waals surface area (Å²) < 4.78 is 0. The van der Waals surface area contributed by atoms with Crippen molar-refractivity contribution in [2.45, 2.75) is 40.2 Å². The Hall–Kier alpha value is -0.530. The fraction of sp³-hybridized carbons (Fsp3) is 0.538. The molecule has 0 aliphatic carbocycles. The average Bonchev–Trinajstić information content (AvgIpc) is 2.21. The van der Waals surface area contributed by atoms with Crippen molar-refractivity contribution < 1.29 is 0 Å². The predicted molar refractivity (Wildman–Crippen MR) is 67.2 cm³/mol. The van der Waals surface area contributed by atoms with Crippen molar-refractivity contribution in [3.8, 4) is 0 Å². The van der Waals surface area contributed by atoms with Crippen molar-refractivity contribution >= 4 is 11.6 Å². The van der Waals surface area contributed by atoms with E-state index < -0.39 is 0 Å². The van der Waals surface area contributed by atoms with Gasteiger partial charge >= 0.3 is 0 Å². The molecule has 1 aromatic carbocycles. The lowest BCUT2D eigenvalue weighted by Crippen LogP contribution is -2.28. The highest BCUT2D eigenvalue weighted by Crippen LogP contribution is 2.35. The molecule has 1 aromatic rings. The van der Waals surface area contributed by atoms with Gasteiger partial charge in [-0.2, -0.15) is 0 Å². The van der Waals surface area contributed by atoms with E-state index in [0.717, 1.165) is 22.6 Å². The third kappa shape index (κ3) is 2.73. The van der Waals surface area contributed by atoms with Crippen LogP contribution in [0.2, 0.25) is 5.02 Å². The summed E-state index contributed by atoms with van der Waals surface area (Å²) in [7, 11) is 0. The maximum Gasteiger partial charge on any atom is 0.0438 e. The van der Waals surface area contributed by atoms with Crippen LogP contribution in [0.25, 0.3) is 0 Å². The van der Waals surface area contributed by atoms with Crippen LogP contribution in [-0.2, 0) is 0 Å². The Balaban J connectivity index is 3.02. The second kappa shape index (κ2) is 4.54. The van der Waals surface area contributed by atoms with Gasteiger partial charge in [0.25, 0.3) is 0 Å². The second-order valence-electron chi connectivity index (χ2n) is 4.83. The van der Waals surface area contributed by atoms with Crippen molar-refractivity contribution in [1.82, 2.24) is 0 Å². The summed E-state index contributed by atoms with van der Waals surface area (Å²) in [5.41, 5.74) is 8.57. The number of hydrogen-bond donors (Lipinski definition) is 1. The quantitative estimate of drug-likeness (QED) is 0.824. The maximum absolute atomic E-state index is 6.24. The van der Waals surface area contributed by atoms with Crippen LogP contribution in [-0.4, -0.2) is 0 Å². The summed E-state index contributed by atoms with van der Waals surface area (Å²) >= 11 is 6.10. The Morgan fingerprint density at radius 3 is 2.47 bits per heavy atom. The van der Waals surface area contributed by atoms with Gasteiger partial charge in [-0.15, -0.1) is 0 Å². The van der Waals surface area contributed by atoms with E-state index in [0.29, 0.717) is 0 Å². The van der Waals surface area contributed by atoms with Crippen molar-refractivity contribution in [3.05, 3.63) is 34.3 Å². The summed E-state index contributed by atoms with van der Waals surface area (Å²) in [6, 6.07) is 6.13. The van der Waals surface area contributed by atoms with Gasteiger partial charge in [0, 0.05) is 11.1 Å². The molecule has 2 heteroatoms. The highest BCUT2D eigenvalue weighted by atomic mass is 35.5. The van der Waals surface area contributed by atoms with Crippen LogP contribution in [0.5, 0.6) is 0 Å². The van der Waals surface area contributed by atoms with Gasteiger partial charge < -0.3 is 5.73 Å². The third-order valence-electron chi connectivity index (χ3n) is 3.31. The van der Waals surface area contributed by atoms with Crippen LogP contribution in [0.1, 0.15) is 44.4 Å². The van der Waals surface area contributed by atoms with Crippen LogP contribution < -0.4 is 5.73 Å². The first-order chi connectivity index (χ1) is 6.88. The van der Waals surface area contributed by atoms with Crippen molar-refractivity contribution in [3.63, 3.8) is 0 Å². The highest BCUT2D eigenvalue weighted by molar-refractivity contribution is 6.31. The largest absolute Gasteiger partial charge is 0.324 e. The number of nitrogens with two attached hydrogens (primary N) is 1. The summed E-state index contributed by atoms with van der Waals surface area (Å²) in [5.74, 6) is 0. The van der Waals surface area contributed by atoms with Gasteiger partial charge in [-0.1, -0.05) is 44.5 Å². The Labute approximate surface area is 97.6 Å². The molecule has 0 aromatic heterocycles. The van der Waals surface area contributed by atoms with Gasteiger partial charge in [0.2, 0.25) is 0 Å². The van der Waals surface area contributed by atoms with Crippen molar-refractivity contribution in [1.29, 1.82) is 0 Å². The molecule has 1 atom stereocenters. The number of halogens is 1. The molecular formula is C13H20ClN. The third-order valence-corrected chi connectivity index (χ3v) is 3.72. The van der Waals surface area contributed by atoms with E-state index in [9.17, 15) is 0 Å². The Kier molecular flexibility index (Phi) is 3.80. The van der Waals surface area contributed by atoms with Gasteiger partial charge in [-0.25, -0.2) is 0 Å². The molecule has 15 heavy (non-hydrogen) atoms. The Morgan fingerprint density at radius 1 is 1.40 bits per heavy atom. The molecule has 0 aliphatic heterocycles. The smallest absolute Gasteiger partial charge is 0.0438 e. The van der Waals surface area contributed by atoms with Crippen LogP contribution in [0.4, 0.5) is 0 Å². The zero-order valence-corrected chi connectivity index (χ0v) is 10.7. The minimum absolute atomic E-state index is 0.0422. The second-order valence-corrected chi connectivity index (χ2v) is 5.24. The number of hydrogen-bond acceptors (Lipinski definition) is 1. The molecule has 0 spiro atoms. The van der Waals surface area contributed by atoms with Gasteiger partial charge in [0.15, 0.2) is 0 Å². The molecule has 1 unspecified atom stereocenters. The molecule has 1 nitrogen and oxygen atoms in total. The van der Waals surface area contributed by atoms with Gasteiger partial charge in [0.05, 0.1) is 0 Å². The van der Waals surface area contributed by atoms with E-state index >= 15 is 0 Å². The van der Waals surface area contributed by atoms with Crippen LogP contribution >= 0.6 is 11.6 Å². The van der Waals surface area contributed by atoms with Gasteiger partial charge in [0.1, 0.15) is 0 Å². The molecule has 1 rings (SSSR count). The number of aryl methyl sites for hydroxylation is 1. The van der Waals surface area contributed by atoms with E-state index in [1.807, 2.05) is 19.1 Å². The molecule has 0 radical (unpaired) electrons. The van der Waals surface area contributed by atoms with Crippen molar-refractivity contribution in [2.24, 2.45) is 11.1 Å². The minimum atomic E-state index is 0.0422. The first kappa shape index (κ1) is 12.5. The monoisotopic (exact) mass is 225 g/mol. The average molecular weight is 226 g/mol. The summed E-state index contributed by atoms with van der Waals surface area (Å²) in [6.45, 7) is 8.54. The molecule has 84 valence electrons. The van der Waals surface area contributed by atoms with Crippen LogP contribution in [0.3, 0.4) is 0 Å². The first-order valence-electron chi connectivity index (χ1n) is 5.40. The highest BCUT2D eigenvalue weighted by Gasteiger charge is 2.25. The van der Waals surface area contributed by atoms with E-state index in [-0.39, 0.29) is 11.5 Å². The summed E-state index contributed by atoms with van der Waals surface area (Å²) in [6.07, 6.45) is 1.06. The molecule has 0 saturated heterocycles. The lowest BCUT2D eigenvalue weighted by molar-refractivity contribution is 0.278. The fourth-order valence-corrected chi connectivity index (χ4v) is 1.66. The lowest BCUT2D eigenvalue weighted by Gasteiger charge is -2.31. The predicted octanol–water partition coefficient (Wildman–Crippen LogP) is 4.08. The standard InChI is InChI=1S/C13H20ClN/c1-5-13(3,4)12(15)10-7-6-9(2)11(14)8-10/h6-8,12H,5,15H2,1-4H3. The molecule has 0 fully saturated rings. The maximum atomic E-state index is 6.24. The van der Waals surface area contributed by atoms with Crippen LogP contribution in [0, 0.1) is 12.3 Å². The Bertz CT molecular complexity index is 344. The zero-order valence-electron chi connectivity index (χ0n) is 9.97. The zero-order chi connectivity index (χ0) is 11.6. The first-order valence-corrected chi connectivity index (χ1v) is 5.78.